The van der Waals surface area contributed by atoms with Gasteiger partial charge in [-0.3, -0.25) is 9.59 Å². The lowest BCUT2D eigenvalue weighted by molar-refractivity contribution is -0.137. The van der Waals surface area contributed by atoms with Gasteiger partial charge in [0.15, 0.2) is 5.78 Å². The molecule has 1 aromatic heterocycles. The Bertz CT molecular complexity index is 1360. The third kappa shape index (κ3) is 6.66. The third-order valence-corrected chi connectivity index (χ3v) is 6.84. The molecule has 39 heavy (non-hydrogen) atoms. The SMILES string of the molecule is COc1ccc(Nc2ccc(CNC(=O)[C@]3(CC(=O)c4cnc(C)nc4)CCOC3)c(Cl)c2)c(C(F)(F)F)c1. The number of hydrogen-bond donors (Lipinski definition) is 2. The van der Waals surface area contributed by atoms with Crippen molar-refractivity contribution < 1.29 is 32.2 Å². The van der Waals surface area contributed by atoms with Crippen LogP contribution in [-0.4, -0.2) is 42.0 Å². The first-order valence-corrected chi connectivity index (χ1v) is 12.4. The molecule has 0 radical (unpaired) electrons. The topological polar surface area (TPSA) is 102 Å². The van der Waals surface area contributed by atoms with Crippen molar-refractivity contribution in [3.8, 4) is 5.75 Å². The molecular weight excluding hydrogens is 537 g/mol. The van der Waals surface area contributed by atoms with Crippen molar-refractivity contribution in [2.45, 2.75) is 32.5 Å². The van der Waals surface area contributed by atoms with Crippen LogP contribution in [-0.2, 0) is 22.3 Å². The fraction of sp³-hybridized carbons (Fsp3) is 0.333. The molecule has 1 aliphatic rings. The van der Waals surface area contributed by atoms with Crippen LogP contribution in [0.25, 0.3) is 0 Å². The molecule has 0 unspecified atom stereocenters. The average molecular weight is 563 g/mol. The predicted octanol–water partition coefficient (Wildman–Crippen LogP) is 5.51. The number of anilines is 2. The summed E-state index contributed by atoms with van der Waals surface area (Å²) in [5.41, 5.74) is -0.891. The van der Waals surface area contributed by atoms with Gasteiger partial charge in [0.2, 0.25) is 5.91 Å². The highest BCUT2D eigenvalue weighted by molar-refractivity contribution is 6.31. The molecular formula is C27H26ClF3N4O4. The van der Waals surface area contributed by atoms with Gasteiger partial charge in [-0.2, -0.15) is 13.2 Å². The molecule has 2 N–H and O–H groups in total. The van der Waals surface area contributed by atoms with Gasteiger partial charge in [-0.1, -0.05) is 17.7 Å². The van der Waals surface area contributed by atoms with E-state index in [2.05, 4.69) is 20.6 Å². The Balaban J connectivity index is 1.44. The Kier molecular flexibility index (Phi) is 8.41. The van der Waals surface area contributed by atoms with Crippen LogP contribution < -0.4 is 15.4 Å². The number of alkyl halides is 3. The number of aryl methyl sites for hydroxylation is 1. The number of ether oxygens (including phenoxy) is 2. The Morgan fingerprint density at radius 1 is 1.15 bits per heavy atom. The van der Waals surface area contributed by atoms with Crippen LogP contribution in [0.5, 0.6) is 5.75 Å². The summed E-state index contributed by atoms with van der Waals surface area (Å²) in [5.74, 6) is -0.00371. The lowest BCUT2D eigenvalue weighted by atomic mass is 9.80. The molecule has 8 nitrogen and oxygen atoms in total. The van der Waals surface area contributed by atoms with Crippen molar-refractivity contribution in [2.24, 2.45) is 5.41 Å². The molecule has 1 atom stereocenters. The molecule has 0 bridgehead atoms. The summed E-state index contributed by atoms with van der Waals surface area (Å²) >= 11 is 6.40. The van der Waals surface area contributed by atoms with Crippen molar-refractivity contribution in [3.63, 3.8) is 0 Å². The molecule has 12 heteroatoms. The maximum absolute atomic E-state index is 13.5. The first-order chi connectivity index (χ1) is 18.5. The number of hydrogen-bond acceptors (Lipinski definition) is 7. The van der Waals surface area contributed by atoms with Crippen LogP contribution in [0.15, 0.2) is 48.8 Å². The first kappa shape index (κ1) is 28.3. The van der Waals surface area contributed by atoms with E-state index in [0.717, 1.165) is 6.07 Å². The molecule has 0 aliphatic carbocycles. The van der Waals surface area contributed by atoms with Gasteiger partial charge in [-0.05, 0) is 49.2 Å². The quantitative estimate of drug-likeness (QED) is 0.332. The van der Waals surface area contributed by atoms with Crippen molar-refractivity contribution in [1.82, 2.24) is 15.3 Å². The summed E-state index contributed by atoms with van der Waals surface area (Å²) in [6.07, 6.45) is -1.42. The van der Waals surface area contributed by atoms with Crippen LogP contribution in [0.3, 0.4) is 0 Å². The standard InChI is InChI=1S/C27H26ClF3N4O4/c1-16-32-13-18(14-33-16)24(36)11-26(7-8-39-15-26)25(37)34-12-17-3-4-19(9-22(17)28)35-23-6-5-20(38-2)10-21(23)27(29,30)31/h3-6,9-10,13-14,35H,7-8,11-12,15H2,1-2H3,(H,34,37)/t26-/m0/s1. The Labute approximate surface area is 227 Å². The van der Waals surface area contributed by atoms with Crippen LogP contribution in [0.1, 0.15) is 40.2 Å². The maximum atomic E-state index is 13.5. The fourth-order valence-corrected chi connectivity index (χ4v) is 4.48. The second-order valence-electron chi connectivity index (χ2n) is 9.22. The van der Waals surface area contributed by atoms with Gasteiger partial charge in [0, 0.05) is 42.7 Å². The van der Waals surface area contributed by atoms with Gasteiger partial charge in [0.1, 0.15) is 11.6 Å². The highest BCUT2D eigenvalue weighted by atomic mass is 35.5. The summed E-state index contributed by atoms with van der Waals surface area (Å²) in [4.78, 5) is 34.1. The molecule has 2 aromatic carbocycles. The van der Waals surface area contributed by atoms with Crippen LogP contribution in [0, 0.1) is 12.3 Å². The zero-order valence-electron chi connectivity index (χ0n) is 21.2. The number of methoxy groups -OCH3 is 1. The van der Waals surface area contributed by atoms with E-state index >= 15 is 0 Å². The minimum atomic E-state index is -4.60. The molecule has 1 fully saturated rings. The summed E-state index contributed by atoms with van der Waals surface area (Å²) in [6, 6.07) is 8.25. The highest BCUT2D eigenvalue weighted by Crippen LogP contribution is 2.39. The van der Waals surface area contributed by atoms with Gasteiger partial charge in [-0.15, -0.1) is 0 Å². The molecule has 4 rings (SSSR count). The van der Waals surface area contributed by atoms with Gasteiger partial charge in [0.25, 0.3) is 0 Å². The lowest BCUT2D eigenvalue weighted by Gasteiger charge is -2.25. The average Bonchev–Trinajstić information content (AvgIpc) is 3.37. The molecule has 1 amide bonds. The molecule has 1 aliphatic heterocycles. The second-order valence-corrected chi connectivity index (χ2v) is 9.63. The molecule has 1 saturated heterocycles. The molecule has 0 spiro atoms. The molecule has 0 saturated carbocycles. The van der Waals surface area contributed by atoms with E-state index in [1.807, 2.05) is 0 Å². The van der Waals surface area contributed by atoms with Gasteiger partial charge < -0.3 is 20.1 Å². The van der Waals surface area contributed by atoms with E-state index in [9.17, 15) is 22.8 Å². The lowest BCUT2D eigenvalue weighted by Crippen LogP contribution is -2.42. The number of halogens is 4. The number of carbonyl (C=O) groups excluding carboxylic acids is 2. The summed E-state index contributed by atoms with van der Waals surface area (Å²) in [6.45, 7) is 2.20. The van der Waals surface area contributed by atoms with E-state index in [1.54, 1.807) is 19.1 Å². The fourth-order valence-electron chi connectivity index (χ4n) is 4.23. The minimum absolute atomic E-state index is 0.0534. The largest absolute Gasteiger partial charge is 0.497 e. The number of aromatic nitrogens is 2. The molecule has 206 valence electrons. The highest BCUT2D eigenvalue weighted by Gasteiger charge is 2.44. The predicted molar refractivity (Wildman–Crippen MR) is 138 cm³/mol. The second kappa shape index (κ2) is 11.6. The van der Waals surface area contributed by atoms with Crippen molar-refractivity contribution in [2.75, 3.05) is 25.6 Å². The van der Waals surface area contributed by atoms with Gasteiger partial charge >= 0.3 is 6.18 Å². The first-order valence-electron chi connectivity index (χ1n) is 12.0. The number of benzene rings is 2. The number of ketones is 1. The van der Waals surface area contributed by atoms with E-state index in [1.165, 1.54) is 37.7 Å². The van der Waals surface area contributed by atoms with Gasteiger partial charge in [-0.25, -0.2) is 9.97 Å². The molecule has 2 heterocycles. The number of nitrogens with one attached hydrogen (secondary N) is 2. The Morgan fingerprint density at radius 3 is 2.51 bits per heavy atom. The summed E-state index contributed by atoms with van der Waals surface area (Å²) in [7, 11) is 1.29. The maximum Gasteiger partial charge on any atom is 0.418 e. The Hall–Kier alpha value is -3.70. The van der Waals surface area contributed by atoms with Crippen molar-refractivity contribution in [1.29, 1.82) is 0 Å². The van der Waals surface area contributed by atoms with Crippen LogP contribution in [0.4, 0.5) is 24.5 Å². The zero-order valence-corrected chi connectivity index (χ0v) is 21.9. The smallest absolute Gasteiger partial charge is 0.418 e. The summed E-state index contributed by atoms with van der Waals surface area (Å²) in [5, 5.41) is 5.82. The third-order valence-electron chi connectivity index (χ3n) is 6.49. The van der Waals surface area contributed by atoms with Crippen molar-refractivity contribution >= 4 is 34.7 Å². The monoisotopic (exact) mass is 562 g/mol. The minimum Gasteiger partial charge on any atom is -0.497 e. The van der Waals surface area contributed by atoms with Crippen LogP contribution in [0.2, 0.25) is 5.02 Å². The summed E-state index contributed by atoms with van der Waals surface area (Å²) < 4.78 is 51.0. The number of rotatable bonds is 9. The number of amides is 1. The van der Waals surface area contributed by atoms with Gasteiger partial charge in [0.05, 0.1) is 35.9 Å². The Morgan fingerprint density at radius 2 is 1.90 bits per heavy atom. The van der Waals surface area contributed by atoms with E-state index in [-0.39, 0.29) is 47.7 Å². The van der Waals surface area contributed by atoms with E-state index < -0.39 is 17.2 Å². The normalized spacial score (nSPS) is 17.1. The number of Topliss-reactive ketones (excluding diaryl/α,β-unsaturated/α-hetero) is 1. The molecule has 3 aromatic rings. The van der Waals surface area contributed by atoms with Crippen LogP contribution >= 0.6 is 11.6 Å². The van der Waals surface area contributed by atoms with E-state index in [0.29, 0.717) is 35.7 Å². The number of nitrogens with zero attached hydrogens (tertiary/aromatic N) is 2. The number of carbonyl (C=O) groups is 2. The zero-order chi connectivity index (χ0) is 28.2. The van der Waals surface area contributed by atoms with E-state index in [4.69, 9.17) is 21.1 Å². The van der Waals surface area contributed by atoms with Crippen molar-refractivity contribution in [3.05, 3.63) is 76.3 Å².